The van der Waals surface area contributed by atoms with Crippen LogP contribution >= 0.6 is 23.2 Å². The first-order valence-electron chi connectivity index (χ1n) is 4.30. The first kappa shape index (κ1) is 11.3. The highest BCUT2D eigenvalue weighted by molar-refractivity contribution is 6.37. The van der Waals surface area contributed by atoms with Gasteiger partial charge in [-0.1, -0.05) is 30.1 Å². The van der Waals surface area contributed by atoms with Crippen LogP contribution in [0.2, 0.25) is 10.0 Å². The summed E-state index contributed by atoms with van der Waals surface area (Å²) in [4.78, 5) is 11.5. The molecule has 0 saturated carbocycles. The summed E-state index contributed by atoms with van der Waals surface area (Å²) < 4.78 is 0. The van der Waals surface area contributed by atoms with E-state index in [1.807, 2.05) is 0 Å². The first-order valence-corrected chi connectivity index (χ1v) is 5.05. The quantitative estimate of drug-likeness (QED) is 0.806. The van der Waals surface area contributed by atoms with Gasteiger partial charge >= 0.3 is 0 Å². The summed E-state index contributed by atoms with van der Waals surface area (Å²) in [6, 6.07) is 3.24. The van der Waals surface area contributed by atoms with Crippen LogP contribution in [0.4, 0.5) is 5.69 Å². The Morgan fingerprint density at radius 1 is 1.43 bits per heavy atom. The Labute approximate surface area is 93.2 Å². The highest BCUT2D eigenvalue weighted by atomic mass is 35.5. The summed E-state index contributed by atoms with van der Waals surface area (Å²) in [6.45, 7) is 1.80. The summed E-state index contributed by atoms with van der Waals surface area (Å²) in [5, 5.41) is 3.84. The Balaban J connectivity index is 3.32. The lowest BCUT2D eigenvalue weighted by Crippen LogP contribution is -2.03. The molecule has 0 aromatic heterocycles. The molecular weight excluding hydrogens is 221 g/mol. The molecule has 0 aliphatic rings. The first-order chi connectivity index (χ1) is 6.60. The maximum Gasteiger partial charge on any atom is 0.164 e. The molecule has 4 heteroatoms. The van der Waals surface area contributed by atoms with Crippen molar-refractivity contribution in [2.45, 2.75) is 13.3 Å². The Hall–Kier alpha value is -0.730. The molecule has 76 valence electrons. The molecule has 0 saturated heterocycles. The zero-order chi connectivity index (χ0) is 10.7. The van der Waals surface area contributed by atoms with E-state index in [0.29, 0.717) is 27.7 Å². The second-order valence-corrected chi connectivity index (χ2v) is 3.68. The number of halogens is 2. The van der Waals surface area contributed by atoms with Gasteiger partial charge < -0.3 is 5.32 Å². The van der Waals surface area contributed by atoms with Gasteiger partial charge in [-0.3, -0.25) is 4.79 Å². The van der Waals surface area contributed by atoms with Crippen molar-refractivity contribution in [1.29, 1.82) is 0 Å². The molecular formula is C10H11Cl2NO. The van der Waals surface area contributed by atoms with Gasteiger partial charge in [0.2, 0.25) is 0 Å². The number of anilines is 1. The summed E-state index contributed by atoms with van der Waals surface area (Å²) in [5.41, 5.74) is 1.19. The normalized spacial score (nSPS) is 10.0. The minimum absolute atomic E-state index is 0.0266. The SMILES string of the molecule is CCC(=O)c1cc(Cl)cc(Cl)c1NC. The summed E-state index contributed by atoms with van der Waals surface area (Å²) in [6.07, 6.45) is 0.436. The molecule has 0 heterocycles. The van der Waals surface area contributed by atoms with Crippen molar-refractivity contribution in [1.82, 2.24) is 0 Å². The van der Waals surface area contributed by atoms with Gasteiger partial charge in [0.15, 0.2) is 5.78 Å². The molecule has 1 rings (SSSR count). The van der Waals surface area contributed by atoms with Crippen LogP contribution in [0.3, 0.4) is 0 Å². The molecule has 1 aromatic carbocycles. The minimum atomic E-state index is 0.0266. The lowest BCUT2D eigenvalue weighted by molar-refractivity contribution is 0.0989. The Morgan fingerprint density at radius 2 is 2.07 bits per heavy atom. The fourth-order valence-corrected chi connectivity index (χ4v) is 1.83. The number of hydrogen-bond donors (Lipinski definition) is 1. The molecule has 0 aliphatic heterocycles. The van der Waals surface area contributed by atoms with E-state index in [9.17, 15) is 4.79 Å². The van der Waals surface area contributed by atoms with Gasteiger partial charge in [-0.2, -0.15) is 0 Å². The van der Waals surface area contributed by atoms with E-state index < -0.39 is 0 Å². The monoisotopic (exact) mass is 231 g/mol. The highest BCUT2D eigenvalue weighted by Crippen LogP contribution is 2.30. The number of carbonyl (C=O) groups excluding carboxylic acids is 1. The van der Waals surface area contributed by atoms with Crippen LogP contribution in [0.5, 0.6) is 0 Å². The van der Waals surface area contributed by atoms with Crippen molar-refractivity contribution in [3.05, 3.63) is 27.7 Å². The molecule has 1 N–H and O–H groups in total. The Kier molecular flexibility index (Phi) is 3.78. The van der Waals surface area contributed by atoms with Gasteiger partial charge in [0.25, 0.3) is 0 Å². The topological polar surface area (TPSA) is 29.1 Å². The lowest BCUT2D eigenvalue weighted by Gasteiger charge is -2.09. The number of carbonyl (C=O) groups is 1. The van der Waals surface area contributed by atoms with Gasteiger partial charge in [0, 0.05) is 24.1 Å². The average molecular weight is 232 g/mol. The third-order valence-electron chi connectivity index (χ3n) is 1.93. The van der Waals surface area contributed by atoms with E-state index in [4.69, 9.17) is 23.2 Å². The molecule has 0 bridgehead atoms. The zero-order valence-electron chi connectivity index (χ0n) is 8.03. The van der Waals surface area contributed by atoms with Crippen LogP contribution in [-0.2, 0) is 0 Å². The van der Waals surface area contributed by atoms with Crippen molar-refractivity contribution in [2.75, 3.05) is 12.4 Å². The number of nitrogens with one attached hydrogen (secondary N) is 1. The predicted molar refractivity (Wildman–Crippen MR) is 60.6 cm³/mol. The molecule has 0 atom stereocenters. The number of Topliss-reactive ketones (excluding diaryl/α,β-unsaturated/α-hetero) is 1. The molecule has 2 nitrogen and oxygen atoms in total. The largest absolute Gasteiger partial charge is 0.386 e. The molecule has 14 heavy (non-hydrogen) atoms. The maximum absolute atomic E-state index is 11.5. The van der Waals surface area contributed by atoms with E-state index in [-0.39, 0.29) is 5.78 Å². The van der Waals surface area contributed by atoms with E-state index >= 15 is 0 Å². The highest BCUT2D eigenvalue weighted by Gasteiger charge is 2.12. The maximum atomic E-state index is 11.5. The molecule has 0 radical (unpaired) electrons. The summed E-state index contributed by atoms with van der Waals surface area (Å²) in [7, 11) is 1.72. The molecule has 0 aliphatic carbocycles. The van der Waals surface area contributed by atoms with Crippen LogP contribution in [-0.4, -0.2) is 12.8 Å². The number of ketones is 1. The number of hydrogen-bond acceptors (Lipinski definition) is 2. The van der Waals surface area contributed by atoms with Crippen molar-refractivity contribution >= 4 is 34.7 Å². The van der Waals surface area contributed by atoms with Crippen LogP contribution in [0.1, 0.15) is 23.7 Å². The molecule has 0 unspecified atom stereocenters. The summed E-state index contributed by atoms with van der Waals surface area (Å²) >= 11 is 11.8. The van der Waals surface area contributed by atoms with E-state index in [1.54, 1.807) is 26.1 Å². The van der Waals surface area contributed by atoms with E-state index in [0.717, 1.165) is 0 Å². The molecule has 0 fully saturated rings. The van der Waals surface area contributed by atoms with Gasteiger partial charge in [0.1, 0.15) is 0 Å². The zero-order valence-corrected chi connectivity index (χ0v) is 9.54. The standard InChI is InChI=1S/C10H11Cl2NO/c1-3-9(14)7-4-6(11)5-8(12)10(7)13-2/h4-5,13H,3H2,1-2H3. The van der Waals surface area contributed by atoms with Crippen LogP contribution in [0.15, 0.2) is 12.1 Å². The van der Waals surface area contributed by atoms with Crippen molar-refractivity contribution in [2.24, 2.45) is 0 Å². The molecule has 0 spiro atoms. The molecule has 0 amide bonds. The second-order valence-electron chi connectivity index (χ2n) is 2.84. The fraction of sp³-hybridized carbons (Fsp3) is 0.300. The third-order valence-corrected chi connectivity index (χ3v) is 2.44. The van der Waals surface area contributed by atoms with Crippen molar-refractivity contribution in [3.63, 3.8) is 0 Å². The minimum Gasteiger partial charge on any atom is -0.386 e. The predicted octanol–water partition coefficient (Wildman–Crippen LogP) is 3.63. The van der Waals surface area contributed by atoms with Crippen LogP contribution < -0.4 is 5.32 Å². The van der Waals surface area contributed by atoms with Crippen LogP contribution in [0, 0.1) is 0 Å². The molecule has 1 aromatic rings. The lowest BCUT2D eigenvalue weighted by atomic mass is 10.1. The van der Waals surface area contributed by atoms with E-state index in [1.165, 1.54) is 0 Å². The smallest absolute Gasteiger partial charge is 0.164 e. The summed E-state index contributed by atoms with van der Waals surface area (Å²) in [5.74, 6) is 0.0266. The number of rotatable bonds is 3. The van der Waals surface area contributed by atoms with E-state index in [2.05, 4.69) is 5.32 Å². The fourth-order valence-electron chi connectivity index (χ4n) is 1.24. The Morgan fingerprint density at radius 3 is 2.57 bits per heavy atom. The van der Waals surface area contributed by atoms with Gasteiger partial charge in [0.05, 0.1) is 10.7 Å². The number of benzene rings is 1. The second kappa shape index (κ2) is 4.67. The van der Waals surface area contributed by atoms with Crippen molar-refractivity contribution < 1.29 is 4.79 Å². The third kappa shape index (κ3) is 2.20. The van der Waals surface area contributed by atoms with Crippen molar-refractivity contribution in [3.8, 4) is 0 Å². The van der Waals surface area contributed by atoms with Crippen LogP contribution in [0.25, 0.3) is 0 Å². The average Bonchev–Trinajstić information content (AvgIpc) is 2.15. The van der Waals surface area contributed by atoms with Gasteiger partial charge in [-0.15, -0.1) is 0 Å². The Bertz CT molecular complexity index is 363. The van der Waals surface area contributed by atoms with Gasteiger partial charge in [-0.25, -0.2) is 0 Å². The van der Waals surface area contributed by atoms with Gasteiger partial charge in [-0.05, 0) is 12.1 Å².